The highest BCUT2D eigenvalue weighted by atomic mass is 32.1. The summed E-state index contributed by atoms with van der Waals surface area (Å²) in [5.41, 5.74) is 0.561. The molecule has 7 heteroatoms. The van der Waals surface area contributed by atoms with Gasteiger partial charge in [0.1, 0.15) is 5.75 Å². The second-order valence-corrected chi connectivity index (χ2v) is 6.08. The van der Waals surface area contributed by atoms with Crippen LogP contribution in [-0.4, -0.2) is 29.4 Å². The van der Waals surface area contributed by atoms with Gasteiger partial charge in [0.05, 0.1) is 12.5 Å². The molecule has 1 aromatic heterocycles. The number of thiophene rings is 1. The van der Waals surface area contributed by atoms with Crippen molar-refractivity contribution in [2.75, 3.05) is 6.61 Å². The van der Waals surface area contributed by atoms with E-state index in [9.17, 15) is 14.4 Å². The fraction of sp³-hybridized carbons (Fsp3) is 0.235. The first kappa shape index (κ1) is 17.7. The van der Waals surface area contributed by atoms with Gasteiger partial charge >= 0.3 is 5.97 Å². The summed E-state index contributed by atoms with van der Waals surface area (Å²) in [5.74, 6) is -0.993. The molecule has 24 heavy (non-hydrogen) atoms. The molecule has 1 amide bonds. The normalized spacial score (nSPS) is 11.5. The van der Waals surface area contributed by atoms with E-state index in [1.165, 1.54) is 18.3 Å². The molecule has 0 aliphatic rings. The molecular formula is C17H17NO5S. The topological polar surface area (TPSA) is 92.7 Å². The maximum atomic E-state index is 12.0. The second-order valence-electron chi connectivity index (χ2n) is 5.10. The van der Waals surface area contributed by atoms with E-state index in [1.807, 2.05) is 5.38 Å². The van der Waals surface area contributed by atoms with E-state index in [1.54, 1.807) is 36.4 Å². The highest BCUT2D eigenvalue weighted by Gasteiger charge is 2.19. The number of nitrogens with one attached hydrogen (secondary N) is 1. The van der Waals surface area contributed by atoms with Gasteiger partial charge in [-0.05, 0) is 42.6 Å². The predicted molar refractivity (Wildman–Crippen MR) is 89.4 cm³/mol. The van der Waals surface area contributed by atoms with Gasteiger partial charge in [0.15, 0.2) is 12.4 Å². The third kappa shape index (κ3) is 5.20. The maximum absolute atomic E-state index is 12.0. The number of amides is 1. The fourth-order valence-electron chi connectivity index (χ4n) is 2.06. The summed E-state index contributed by atoms with van der Waals surface area (Å²) in [5, 5.41) is 13.5. The van der Waals surface area contributed by atoms with Crippen LogP contribution in [-0.2, 0) is 9.59 Å². The van der Waals surface area contributed by atoms with Gasteiger partial charge in [-0.25, -0.2) is 0 Å². The number of hydrogen-bond donors (Lipinski definition) is 2. The second kappa shape index (κ2) is 8.26. The minimum Gasteiger partial charge on any atom is -0.484 e. The van der Waals surface area contributed by atoms with Gasteiger partial charge in [-0.3, -0.25) is 14.4 Å². The molecule has 0 fully saturated rings. The van der Waals surface area contributed by atoms with Crippen molar-refractivity contribution < 1.29 is 24.2 Å². The maximum Gasteiger partial charge on any atom is 0.305 e. The predicted octanol–water partition coefficient (Wildman–Crippen LogP) is 2.66. The van der Waals surface area contributed by atoms with Crippen LogP contribution >= 0.6 is 11.3 Å². The molecule has 2 aromatic rings. The Bertz CT molecular complexity index is 709. The van der Waals surface area contributed by atoms with Crippen LogP contribution in [0, 0.1) is 0 Å². The van der Waals surface area contributed by atoms with Crippen molar-refractivity contribution in [2.24, 2.45) is 0 Å². The Morgan fingerprint density at radius 1 is 1.21 bits per heavy atom. The quantitative estimate of drug-likeness (QED) is 0.716. The minimum atomic E-state index is -0.991. The molecule has 0 spiro atoms. The van der Waals surface area contributed by atoms with E-state index < -0.39 is 17.9 Å². The number of carboxylic acids is 1. The molecule has 1 atom stereocenters. The molecule has 2 rings (SSSR count). The lowest BCUT2D eigenvalue weighted by Crippen LogP contribution is -2.33. The van der Waals surface area contributed by atoms with E-state index >= 15 is 0 Å². The summed E-state index contributed by atoms with van der Waals surface area (Å²) in [6.45, 7) is 1.23. The molecular weight excluding hydrogens is 330 g/mol. The van der Waals surface area contributed by atoms with Crippen LogP contribution in [0.4, 0.5) is 0 Å². The Kier molecular flexibility index (Phi) is 6.08. The van der Waals surface area contributed by atoms with Crippen LogP contribution in [0.25, 0.3) is 0 Å². The zero-order chi connectivity index (χ0) is 17.5. The zero-order valence-electron chi connectivity index (χ0n) is 13.0. The Morgan fingerprint density at radius 3 is 2.46 bits per heavy atom. The van der Waals surface area contributed by atoms with Crippen molar-refractivity contribution in [1.29, 1.82) is 0 Å². The van der Waals surface area contributed by atoms with Crippen LogP contribution in [0.3, 0.4) is 0 Å². The highest BCUT2D eigenvalue weighted by Crippen LogP contribution is 2.22. The van der Waals surface area contributed by atoms with E-state index in [0.29, 0.717) is 11.3 Å². The molecule has 0 aliphatic heterocycles. The van der Waals surface area contributed by atoms with Gasteiger partial charge in [-0.15, -0.1) is 11.3 Å². The van der Waals surface area contributed by atoms with Crippen LogP contribution in [0.1, 0.15) is 34.6 Å². The summed E-state index contributed by atoms with van der Waals surface area (Å²) in [7, 11) is 0. The van der Waals surface area contributed by atoms with Gasteiger partial charge < -0.3 is 15.2 Å². The number of carbonyl (C=O) groups is 3. The van der Waals surface area contributed by atoms with Gasteiger partial charge in [-0.1, -0.05) is 6.07 Å². The molecule has 0 saturated carbocycles. The van der Waals surface area contributed by atoms with Crippen LogP contribution in [0.5, 0.6) is 5.75 Å². The monoisotopic (exact) mass is 347 g/mol. The molecule has 0 bridgehead atoms. The van der Waals surface area contributed by atoms with E-state index in [0.717, 1.165) is 4.88 Å². The molecule has 0 unspecified atom stereocenters. The summed E-state index contributed by atoms with van der Waals surface area (Å²) < 4.78 is 5.36. The molecule has 0 radical (unpaired) electrons. The van der Waals surface area contributed by atoms with Gasteiger partial charge in [0, 0.05) is 10.4 Å². The number of carboxylic acid groups (broad SMARTS) is 1. The molecule has 2 N–H and O–H groups in total. The lowest BCUT2D eigenvalue weighted by Gasteiger charge is -2.16. The SMILES string of the molecule is CC(=O)c1ccc(OCC(=O)N[C@H](CC(=O)O)c2cccs2)cc1. The summed E-state index contributed by atoms with van der Waals surface area (Å²) in [6.07, 6.45) is -0.195. The van der Waals surface area contributed by atoms with Crippen LogP contribution in [0.2, 0.25) is 0 Å². The van der Waals surface area contributed by atoms with E-state index in [-0.39, 0.29) is 18.8 Å². The fourth-order valence-corrected chi connectivity index (χ4v) is 2.84. The largest absolute Gasteiger partial charge is 0.484 e. The third-order valence-electron chi connectivity index (χ3n) is 3.23. The van der Waals surface area contributed by atoms with Gasteiger partial charge in [0.25, 0.3) is 5.91 Å². The van der Waals surface area contributed by atoms with Gasteiger partial charge in [-0.2, -0.15) is 0 Å². The Morgan fingerprint density at radius 2 is 1.92 bits per heavy atom. The Hall–Kier alpha value is -2.67. The van der Waals surface area contributed by atoms with Crippen LogP contribution < -0.4 is 10.1 Å². The number of ketones is 1. The number of aliphatic carboxylic acids is 1. The number of ether oxygens (including phenoxy) is 1. The van der Waals surface area contributed by atoms with Gasteiger partial charge in [0.2, 0.25) is 0 Å². The van der Waals surface area contributed by atoms with Crippen LogP contribution in [0.15, 0.2) is 41.8 Å². The molecule has 6 nitrogen and oxygen atoms in total. The van der Waals surface area contributed by atoms with Crippen molar-refractivity contribution in [3.05, 3.63) is 52.2 Å². The average Bonchev–Trinajstić information content (AvgIpc) is 3.06. The molecule has 1 heterocycles. The van der Waals surface area contributed by atoms with Crippen molar-refractivity contribution in [2.45, 2.75) is 19.4 Å². The van der Waals surface area contributed by atoms with E-state index in [4.69, 9.17) is 9.84 Å². The summed E-state index contributed by atoms with van der Waals surface area (Å²) >= 11 is 1.38. The number of rotatable bonds is 8. The van der Waals surface area contributed by atoms with Crippen molar-refractivity contribution in [3.8, 4) is 5.75 Å². The first-order valence-corrected chi connectivity index (χ1v) is 8.12. The number of carbonyl (C=O) groups excluding carboxylic acids is 2. The first-order chi connectivity index (χ1) is 11.5. The number of Topliss-reactive ketones (excluding diaryl/α,β-unsaturated/α-hetero) is 1. The Balaban J connectivity index is 1.91. The summed E-state index contributed by atoms with van der Waals surface area (Å²) in [6, 6.07) is 9.45. The zero-order valence-corrected chi connectivity index (χ0v) is 13.8. The number of benzene rings is 1. The Labute approximate surface area is 143 Å². The average molecular weight is 347 g/mol. The highest BCUT2D eigenvalue weighted by molar-refractivity contribution is 7.10. The van der Waals surface area contributed by atoms with Crippen molar-refractivity contribution >= 4 is 29.0 Å². The lowest BCUT2D eigenvalue weighted by atomic mass is 10.1. The first-order valence-electron chi connectivity index (χ1n) is 7.24. The summed E-state index contributed by atoms with van der Waals surface area (Å²) in [4.78, 5) is 34.9. The standard InChI is InChI=1S/C17H17NO5S/c1-11(19)12-4-6-13(7-5-12)23-10-16(20)18-14(9-17(21)22)15-3-2-8-24-15/h2-8,14H,9-10H2,1H3,(H,18,20)(H,21,22)/t14-/m1/s1. The van der Waals surface area contributed by atoms with Crippen molar-refractivity contribution in [3.63, 3.8) is 0 Å². The van der Waals surface area contributed by atoms with E-state index in [2.05, 4.69) is 5.32 Å². The molecule has 1 aromatic carbocycles. The molecule has 126 valence electrons. The third-order valence-corrected chi connectivity index (χ3v) is 4.22. The lowest BCUT2D eigenvalue weighted by molar-refractivity contribution is -0.137. The molecule has 0 saturated heterocycles. The van der Waals surface area contributed by atoms with Crippen molar-refractivity contribution in [1.82, 2.24) is 5.32 Å². The molecule has 0 aliphatic carbocycles. The smallest absolute Gasteiger partial charge is 0.305 e. The minimum absolute atomic E-state index is 0.0493. The number of hydrogen-bond acceptors (Lipinski definition) is 5.